The Morgan fingerprint density at radius 1 is 0.852 bits per heavy atom. The maximum atomic E-state index is 12.6. The fraction of sp³-hybridized carbons (Fsp3) is 0.273. The number of alkyl halides is 3. The second kappa shape index (κ2) is 8.55. The Balaban J connectivity index is 1.46. The molecule has 2 N–H and O–H groups in total. The van der Waals surface area contributed by atoms with Gasteiger partial charge in [0.25, 0.3) is 0 Å². The van der Waals surface area contributed by atoms with Gasteiger partial charge in [-0.2, -0.15) is 13.2 Å². The first-order chi connectivity index (χ1) is 12.9. The highest BCUT2D eigenvalue weighted by Crippen LogP contribution is 2.29. The summed E-state index contributed by atoms with van der Waals surface area (Å²) in [6, 6.07) is 20.1. The molecule has 0 heterocycles. The number of nitrogens with one attached hydrogen (secondary N) is 2. The van der Waals surface area contributed by atoms with E-state index in [0.29, 0.717) is 6.54 Å². The molecule has 0 unspecified atom stereocenters. The van der Waals surface area contributed by atoms with Gasteiger partial charge in [-0.3, -0.25) is 0 Å². The van der Waals surface area contributed by atoms with Crippen LogP contribution in [0.15, 0.2) is 66.7 Å². The van der Waals surface area contributed by atoms with E-state index in [1.165, 1.54) is 28.5 Å². The molecule has 0 spiro atoms. The van der Waals surface area contributed by atoms with Crippen molar-refractivity contribution in [3.63, 3.8) is 0 Å². The number of hydrogen-bond acceptors (Lipinski definition) is 2. The molecule has 0 fully saturated rings. The third kappa shape index (κ3) is 5.08. The molecule has 0 aliphatic carbocycles. The molecular formula is C22H23F3N2. The van der Waals surface area contributed by atoms with E-state index in [1.807, 2.05) is 12.1 Å². The van der Waals surface area contributed by atoms with Crippen LogP contribution in [0.2, 0.25) is 0 Å². The fourth-order valence-electron chi connectivity index (χ4n) is 3.16. The van der Waals surface area contributed by atoms with Gasteiger partial charge in [-0.05, 0) is 41.0 Å². The van der Waals surface area contributed by atoms with Gasteiger partial charge in [0, 0.05) is 25.7 Å². The van der Waals surface area contributed by atoms with Gasteiger partial charge in [0.1, 0.15) is 0 Å². The number of benzene rings is 3. The minimum atomic E-state index is -4.28. The van der Waals surface area contributed by atoms with Gasteiger partial charge < -0.3 is 10.6 Å². The smallest absolute Gasteiger partial charge is 0.311 e. The molecule has 5 heteroatoms. The second-order valence-corrected chi connectivity index (χ2v) is 6.62. The van der Waals surface area contributed by atoms with Crippen LogP contribution in [0.25, 0.3) is 10.8 Å². The molecule has 27 heavy (non-hydrogen) atoms. The van der Waals surface area contributed by atoms with E-state index in [9.17, 15) is 13.2 Å². The molecule has 3 rings (SSSR count). The van der Waals surface area contributed by atoms with Crippen molar-refractivity contribution in [3.05, 3.63) is 83.4 Å². The zero-order valence-corrected chi connectivity index (χ0v) is 15.2. The summed E-state index contributed by atoms with van der Waals surface area (Å²) in [7, 11) is 0. The van der Waals surface area contributed by atoms with E-state index < -0.39 is 11.7 Å². The average molecular weight is 372 g/mol. The van der Waals surface area contributed by atoms with E-state index >= 15 is 0 Å². The third-order valence-corrected chi connectivity index (χ3v) is 4.65. The lowest BCUT2D eigenvalue weighted by Gasteiger charge is -2.17. The maximum absolute atomic E-state index is 12.6. The molecule has 2 nitrogen and oxygen atoms in total. The van der Waals surface area contributed by atoms with Crippen LogP contribution < -0.4 is 10.6 Å². The first kappa shape index (κ1) is 19.4. The minimum Gasteiger partial charge on any atom is -0.311 e. The molecule has 0 amide bonds. The normalized spacial score (nSPS) is 13.0. The Labute approximate surface area is 157 Å². The predicted octanol–water partition coefficient (Wildman–Crippen LogP) is 5.30. The van der Waals surface area contributed by atoms with Crippen LogP contribution >= 0.6 is 0 Å². The molecule has 3 aromatic rings. The molecule has 3 aromatic carbocycles. The van der Waals surface area contributed by atoms with Crippen LogP contribution in [-0.2, 0) is 12.7 Å². The SMILES string of the molecule is C[C@H](NCCNCc1ccc(C(F)(F)F)cc1)c1cccc2ccccc12. The summed E-state index contributed by atoms with van der Waals surface area (Å²) in [5.74, 6) is 0. The number of hydrogen-bond donors (Lipinski definition) is 2. The summed E-state index contributed by atoms with van der Waals surface area (Å²) in [5.41, 5.74) is 1.48. The summed E-state index contributed by atoms with van der Waals surface area (Å²) in [6.45, 7) is 4.18. The van der Waals surface area contributed by atoms with Crippen molar-refractivity contribution < 1.29 is 13.2 Å². The van der Waals surface area contributed by atoms with E-state index in [2.05, 4.69) is 47.9 Å². The van der Waals surface area contributed by atoms with Crippen LogP contribution in [0.5, 0.6) is 0 Å². The van der Waals surface area contributed by atoms with Gasteiger partial charge in [0.05, 0.1) is 5.56 Å². The molecule has 0 saturated carbocycles. The highest BCUT2D eigenvalue weighted by atomic mass is 19.4. The minimum absolute atomic E-state index is 0.212. The number of rotatable bonds is 7. The van der Waals surface area contributed by atoms with Crippen molar-refractivity contribution in [2.45, 2.75) is 25.7 Å². The Morgan fingerprint density at radius 2 is 1.56 bits per heavy atom. The van der Waals surface area contributed by atoms with E-state index in [0.717, 1.165) is 30.8 Å². The van der Waals surface area contributed by atoms with Crippen molar-refractivity contribution in [1.29, 1.82) is 0 Å². The summed E-state index contributed by atoms with van der Waals surface area (Å²) < 4.78 is 37.7. The molecule has 0 saturated heterocycles. The van der Waals surface area contributed by atoms with Crippen LogP contribution in [-0.4, -0.2) is 13.1 Å². The Kier molecular flexibility index (Phi) is 6.14. The fourth-order valence-corrected chi connectivity index (χ4v) is 3.16. The Hall–Kier alpha value is -2.37. The molecule has 0 aromatic heterocycles. The first-order valence-electron chi connectivity index (χ1n) is 9.03. The van der Waals surface area contributed by atoms with Crippen LogP contribution in [0, 0.1) is 0 Å². The van der Waals surface area contributed by atoms with Gasteiger partial charge in [-0.1, -0.05) is 54.6 Å². The molecule has 0 radical (unpaired) electrons. The quantitative estimate of drug-likeness (QED) is 0.550. The average Bonchev–Trinajstić information content (AvgIpc) is 2.67. The van der Waals surface area contributed by atoms with Crippen LogP contribution in [0.4, 0.5) is 13.2 Å². The molecule has 0 bridgehead atoms. The number of halogens is 3. The largest absolute Gasteiger partial charge is 0.416 e. The predicted molar refractivity (Wildman–Crippen MR) is 104 cm³/mol. The van der Waals surface area contributed by atoms with Gasteiger partial charge >= 0.3 is 6.18 Å². The molecular weight excluding hydrogens is 349 g/mol. The summed E-state index contributed by atoms with van der Waals surface area (Å²) in [4.78, 5) is 0. The van der Waals surface area contributed by atoms with Crippen LogP contribution in [0.1, 0.15) is 29.7 Å². The van der Waals surface area contributed by atoms with Gasteiger partial charge in [-0.25, -0.2) is 0 Å². The molecule has 0 aliphatic heterocycles. The van der Waals surface area contributed by atoms with E-state index in [1.54, 1.807) is 0 Å². The van der Waals surface area contributed by atoms with Gasteiger partial charge in [0.2, 0.25) is 0 Å². The highest BCUT2D eigenvalue weighted by Gasteiger charge is 2.29. The van der Waals surface area contributed by atoms with Gasteiger partial charge in [-0.15, -0.1) is 0 Å². The summed E-state index contributed by atoms with van der Waals surface area (Å²) in [6.07, 6.45) is -4.28. The van der Waals surface area contributed by atoms with Crippen molar-refractivity contribution in [1.82, 2.24) is 10.6 Å². The monoisotopic (exact) mass is 372 g/mol. The number of fused-ring (bicyclic) bond motifs is 1. The zero-order chi connectivity index (χ0) is 19.3. The van der Waals surface area contributed by atoms with E-state index in [4.69, 9.17) is 0 Å². The Morgan fingerprint density at radius 3 is 2.30 bits per heavy atom. The first-order valence-corrected chi connectivity index (χ1v) is 9.03. The topological polar surface area (TPSA) is 24.1 Å². The standard InChI is InChI=1S/C22H23F3N2/c1-16(20-8-4-6-18-5-2-3-7-21(18)20)27-14-13-26-15-17-9-11-19(12-10-17)22(23,24)25/h2-12,16,26-27H,13-15H2,1H3/t16-/m0/s1. The lowest BCUT2D eigenvalue weighted by atomic mass is 10.00. The molecule has 0 aliphatic rings. The third-order valence-electron chi connectivity index (χ3n) is 4.65. The van der Waals surface area contributed by atoms with Crippen LogP contribution in [0.3, 0.4) is 0 Å². The van der Waals surface area contributed by atoms with Crippen molar-refractivity contribution in [3.8, 4) is 0 Å². The summed E-state index contributed by atoms with van der Waals surface area (Å²) in [5, 5.41) is 9.23. The lowest BCUT2D eigenvalue weighted by Crippen LogP contribution is -2.29. The molecule has 142 valence electrons. The summed E-state index contributed by atoms with van der Waals surface area (Å²) >= 11 is 0. The highest BCUT2D eigenvalue weighted by molar-refractivity contribution is 5.86. The van der Waals surface area contributed by atoms with E-state index in [-0.39, 0.29) is 6.04 Å². The molecule has 1 atom stereocenters. The maximum Gasteiger partial charge on any atom is 0.416 e. The second-order valence-electron chi connectivity index (χ2n) is 6.62. The van der Waals surface area contributed by atoms with Gasteiger partial charge in [0.15, 0.2) is 0 Å². The van der Waals surface area contributed by atoms with Crippen molar-refractivity contribution >= 4 is 10.8 Å². The lowest BCUT2D eigenvalue weighted by molar-refractivity contribution is -0.137. The van der Waals surface area contributed by atoms with Crippen molar-refractivity contribution in [2.75, 3.05) is 13.1 Å². The zero-order valence-electron chi connectivity index (χ0n) is 15.2. The van der Waals surface area contributed by atoms with Crippen molar-refractivity contribution in [2.24, 2.45) is 0 Å². The Bertz CT molecular complexity index is 867.